The topological polar surface area (TPSA) is 3.24 Å². The van der Waals surface area contributed by atoms with E-state index in [1.54, 1.807) is 0 Å². The standard InChI is InChI=1S/C11H23N/c1-5-7-11(8-6-9-11)12(4)10(2)3/h10H,5-9H2,1-4H3. The van der Waals surface area contributed by atoms with E-state index >= 15 is 0 Å². The molecule has 0 radical (unpaired) electrons. The van der Waals surface area contributed by atoms with Crippen molar-refractivity contribution < 1.29 is 0 Å². The summed E-state index contributed by atoms with van der Waals surface area (Å²) < 4.78 is 0. The maximum Gasteiger partial charge on any atom is 0.0209 e. The molecular formula is C11H23N. The molecule has 0 heterocycles. The summed E-state index contributed by atoms with van der Waals surface area (Å²) in [5, 5.41) is 0. The zero-order valence-corrected chi connectivity index (χ0v) is 9.06. The second kappa shape index (κ2) is 3.78. The Labute approximate surface area is 77.1 Å². The van der Waals surface area contributed by atoms with Crippen molar-refractivity contribution in [3.8, 4) is 0 Å². The molecule has 0 saturated heterocycles. The first-order valence-electron chi connectivity index (χ1n) is 5.35. The zero-order chi connectivity index (χ0) is 9.19. The quantitative estimate of drug-likeness (QED) is 0.625. The molecule has 1 nitrogen and oxygen atoms in total. The monoisotopic (exact) mass is 169 g/mol. The maximum atomic E-state index is 2.58. The van der Waals surface area contributed by atoms with Crippen LogP contribution in [0.4, 0.5) is 0 Å². The van der Waals surface area contributed by atoms with Crippen molar-refractivity contribution in [2.45, 2.75) is 64.5 Å². The first-order valence-corrected chi connectivity index (χ1v) is 5.35. The van der Waals surface area contributed by atoms with Gasteiger partial charge in [0.2, 0.25) is 0 Å². The average Bonchev–Trinajstić information content (AvgIpc) is 1.95. The highest BCUT2D eigenvalue weighted by Gasteiger charge is 2.40. The van der Waals surface area contributed by atoms with Gasteiger partial charge in [0.15, 0.2) is 0 Å². The molecule has 0 aromatic carbocycles. The third-order valence-corrected chi connectivity index (χ3v) is 3.52. The van der Waals surface area contributed by atoms with Gasteiger partial charge in [-0.05, 0) is 46.6 Å². The molecule has 1 heteroatoms. The molecule has 0 spiro atoms. The normalized spacial score (nSPS) is 21.5. The van der Waals surface area contributed by atoms with Crippen molar-refractivity contribution >= 4 is 0 Å². The summed E-state index contributed by atoms with van der Waals surface area (Å²) in [6.07, 6.45) is 7.01. The molecule has 0 N–H and O–H groups in total. The summed E-state index contributed by atoms with van der Waals surface area (Å²) in [5.41, 5.74) is 0.586. The van der Waals surface area contributed by atoms with Crippen molar-refractivity contribution in [3.05, 3.63) is 0 Å². The largest absolute Gasteiger partial charge is 0.298 e. The second-order valence-corrected chi connectivity index (χ2v) is 4.53. The van der Waals surface area contributed by atoms with Crippen molar-refractivity contribution in [2.24, 2.45) is 0 Å². The van der Waals surface area contributed by atoms with Gasteiger partial charge in [0.05, 0.1) is 0 Å². The van der Waals surface area contributed by atoms with E-state index in [2.05, 4.69) is 32.7 Å². The Balaban J connectivity index is 2.53. The van der Waals surface area contributed by atoms with Gasteiger partial charge in [-0.25, -0.2) is 0 Å². The fourth-order valence-corrected chi connectivity index (χ4v) is 2.38. The Kier molecular flexibility index (Phi) is 3.16. The number of hydrogen-bond donors (Lipinski definition) is 0. The van der Waals surface area contributed by atoms with E-state index in [0.717, 1.165) is 0 Å². The lowest BCUT2D eigenvalue weighted by Crippen LogP contribution is -2.54. The number of rotatable bonds is 4. The molecular weight excluding hydrogens is 146 g/mol. The molecule has 72 valence electrons. The molecule has 12 heavy (non-hydrogen) atoms. The predicted octanol–water partition coefficient (Wildman–Crippen LogP) is 3.05. The molecule has 1 rings (SSSR count). The first-order chi connectivity index (χ1) is 5.62. The van der Waals surface area contributed by atoms with E-state index in [1.807, 2.05) is 0 Å². The van der Waals surface area contributed by atoms with Crippen molar-refractivity contribution in [1.82, 2.24) is 4.90 Å². The van der Waals surface area contributed by atoms with Crippen LogP contribution in [0.25, 0.3) is 0 Å². The third kappa shape index (κ3) is 1.66. The minimum atomic E-state index is 0.586. The van der Waals surface area contributed by atoms with Crippen LogP contribution < -0.4 is 0 Å². The number of hydrogen-bond acceptors (Lipinski definition) is 1. The highest BCUT2D eigenvalue weighted by molar-refractivity contribution is 4.97. The van der Waals surface area contributed by atoms with Gasteiger partial charge < -0.3 is 0 Å². The summed E-state index contributed by atoms with van der Waals surface area (Å²) in [6.45, 7) is 6.90. The number of nitrogens with zero attached hydrogens (tertiary/aromatic N) is 1. The van der Waals surface area contributed by atoms with Gasteiger partial charge in [-0.15, -0.1) is 0 Å². The van der Waals surface area contributed by atoms with E-state index in [9.17, 15) is 0 Å². The van der Waals surface area contributed by atoms with E-state index in [4.69, 9.17) is 0 Å². The fourth-order valence-electron chi connectivity index (χ4n) is 2.38. The van der Waals surface area contributed by atoms with Crippen molar-refractivity contribution in [2.75, 3.05) is 7.05 Å². The van der Waals surface area contributed by atoms with Crippen molar-refractivity contribution in [3.63, 3.8) is 0 Å². The highest BCUT2D eigenvalue weighted by Crippen LogP contribution is 2.41. The smallest absolute Gasteiger partial charge is 0.0209 e. The van der Waals surface area contributed by atoms with Crippen LogP contribution in [0.1, 0.15) is 52.9 Å². The van der Waals surface area contributed by atoms with Crippen LogP contribution in [0.5, 0.6) is 0 Å². The lowest BCUT2D eigenvalue weighted by molar-refractivity contribution is 0.00678. The van der Waals surface area contributed by atoms with Gasteiger partial charge in [-0.3, -0.25) is 4.90 Å². The van der Waals surface area contributed by atoms with E-state index in [-0.39, 0.29) is 0 Å². The Hall–Kier alpha value is -0.0400. The zero-order valence-electron chi connectivity index (χ0n) is 9.06. The average molecular weight is 169 g/mol. The maximum absolute atomic E-state index is 2.58. The molecule has 0 amide bonds. The Morgan fingerprint density at radius 2 is 1.92 bits per heavy atom. The first kappa shape index (κ1) is 10.0. The SMILES string of the molecule is CCCC1(N(C)C(C)C)CCC1. The van der Waals surface area contributed by atoms with E-state index in [0.29, 0.717) is 11.6 Å². The van der Waals surface area contributed by atoms with Crippen LogP contribution in [0.3, 0.4) is 0 Å². The minimum Gasteiger partial charge on any atom is -0.298 e. The second-order valence-electron chi connectivity index (χ2n) is 4.53. The summed E-state index contributed by atoms with van der Waals surface area (Å²) in [7, 11) is 2.29. The molecule has 0 unspecified atom stereocenters. The Morgan fingerprint density at radius 3 is 2.17 bits per heavy atom. The van der Waals surface area contributed by atoms with Crippen LogP contribution in [0, 0.1) is 0 Å². The molecule has 0 atom stereocenters. The van der Waals surface area contributed by atoms with Gasteiger partial charge in [-0.2, -0.15) is 0 Å². The lowest BCUT2D eigenvalue weighted by atomic mass is 9.72. The molecule has 0 aromatic rings. The van der Waals surface area contributed by atoms with Gasteiger partial charge >= 0.3 is 0 Å². The van der Waals surface area contributed by atoms with Gasteiger partial charge in [0.25, 0.3) is 0 Å². The van der Waals surface area contributed by atoms with Gasteiger partial charge in [-0.1, -0.05) is 13.3 Å². The fraction of sp³-hybridized carbons (Fsp3) is 1.00. The molecule has 0 aromatic heterocycles. The van der Waals surface area contributed by atoms with Crippen LogP contribution >= 0.6 is 0 Å². The predicted molar refractivity (Wildman–Crippen MR) is 54.4 cm³/mol. The molecule has 1 fully saturated rings. The molecule has 1 aliphatic rings. The highest BCUT2D eigenvalue weighted by atomic mass is 15.2. The molecule has 1 aliphatic carbocycles. The summed E-state index contributed by atoms with van der Waals surface area (Å²) in [5.74, 6) is 0. The summed E-state index contributed by atoms with van der Waals surface area (Å²) in [4.78, 5) is 2.58. The summed E-state index contributed by atoms with van der Waals surface area (Å²) >= 11 is 0. The van der Waals surface area contributed by atoms with E-state index in [1.165, 1.54) is 32.1 Å². The van der Waals surface area contributed by atoms with Gasteiger partial charge in [0, 0.05) is 11.6 Å². The molecule has 0 bridgehead atoms. The third-order valence-electron chi connectivity index (χ3n) is 3.52. The Bertz CT molecular complexity index is 136. The van der Waals surface area contributed by atoms with Crippen LogP contribution in [0.2, 0.25) is 0 Å². The van der Waals surface area contributed by atoms with Crippen molar-refractivity contribution in [1.29, 1.82) is 0 Å². The van der Waals surface area contributed by atoms with E-state index < -0.39 is 0 Å². The molecule has 0 aliphatic heterocycles. The lowest BCUT2D eigenvalue weighted by Gasteiger charge is -2.51. The Morgan fingerprint density at radius 1 is 1.33 bits per heavy atom. The summed E-state index contributed by atoms with van der Waals surface area (Å²) in [6, 6.07) is 0.705. The minimum absolute atomic E-state index is 0.586. The van der Waals surface area contributed by atoms with Crippen LogP contribution in [-0.4, -0.2) is 23.5 Å². The molecule has 1 saturated carbocycles. The van der Waals surface area contributed by atoms with Gasteiger partial charge in [0.1, 0.15) is 0 Å². The van der Waals surface area contributed by atoms with Crippen LogP contribution in [0.15, 0.2) is 0 Å². The van der Waals surface area contributed by atoms with Crippen LogP contribution in [-0.2, 0) is 0 Å².